The van der Waals surface area contributed by atoms with Crippen LogP contribution in [0.25, 0.3) is 0 Å². The summed E-state index contributed by atoms with van der Waals surface area (Å²) in [6.07, 6.45) is 1.60. The van der Waals surface area contributed by atoms with Crippen LogP contribution in [0.5, 0.6) is 0 Å². The molecule has 0 amide bonds. The molecule has 0 fully saturated rings. The lowest BCUT2D eigenvalue weighted by atomic mass is 10.1. The molecule has 0 radical (unpaired) electrons. The van der Waals surface area contributed by atoms with Crippen molar-refractivity contribution in [1.29, 1.82) is 0 Å². The third-order valence-corrected chi connectivity index (χ3v) is 1.86. The summed E-state index contributed by atoms with van der Waals surface area (Å²) in [7, 11) is 0. The highest BCUT2D eigenvalue weighted by Gasteiger charge is 2.19. The molecule has 2 heteroatoms. The first-order valence-corrected chi connectivity index (χ1v) is 4.47. The molecule has 1 rings (SSSR count). The zero-order valence-electron chi connectivity index (χ0n) is 8.49. The largest absolute Gasteiger partial charge is 0.452 e. The number of hydrogen-bond acceptors (Lipinski definition) is 2. The van der Waals surface area contributed by atoms with Gasteiger partial charge >= 0.3 is 5.97 Å². The van der Waals surface area contributed by atoms with Gasteiger partial charge < -0.3 is 4.74 Å². The molecule has 0 heterocycles. The molecule has 0 saturated carbocycles. The van der Waals surface area contributed by atoms with Crippen molar-refractivity contribution >= 4 is 5.97 Å². The zero-order valence-corrected chi connectivity index (χ0v) is 8.49. The van der Waals surface area contributed by atoms with Crippen LogP contribution in [0.2, 0.25) is 0 Å². The minimum absolute atomic E-state index is 0.324. The normalized spacial score (nSPS) is 10.7. The molecule has 0 aliphatic carbocycles. The van der Waals surface area contributed by atoms with Crippen molar-refractivity contribution < 1.29 is 9.53 Å². The van der Waals surface area contributed by atoms with Crippen LogP contribution in [0, 0.1) is 0 Å². The molecule has 1 aromatic carbocycles. The van der Waals surface area contributed by atoms with E-state index in [9.17, 15) is 4.79 Å². The highest BCUT2D eigenvalue weighted by atomic mass is 16.6. The number of carbonyl (C=O) groups is 1. The maximum atomic E-state index is 11.5. The Morgan fingerprint density at radius 2 is 1.93 bits per heavy atom. The number of benzene rings is 1. The van der Waals surface area contributed by atoms with Crippen LogP contribution in [0.3, 0.4) is 0 Å². The molecule has 0 aliphatic heterocycles. The predicted octanol–water partition coefficient (Wildman–Crippen LogP) is 2.81. The summed E-state index contributed by atoms with van der Waals surface area (Å²) >= 11 is 0. The summed E-state index contributed by atoms with van der Waals surface area (Å²) in [5, 5.41) is 0. The summed E-state index contributed by atoms with van der Waals surface area (Å²) in [5.74, 6) is -0.324. The lowest BCUT2D eigenvalue weighted by Crippen LogP contribution is -2.25. The van der Waals surface area contributed by atoms with Gasteiger partial charge in [-0.15, -0.1) is 0 Å². The van der Waals surface area contributed by atoms with Crippen molar-refractivity contribution in [3.05, 3.63) is 48.6 Å². The summed E-state index contributed by atoms with van der Waals surface area (Å²) in [4.78, 5) is 11.5. The van der Waals surface area contributed by atoms with Crippen molar-refractivity contribution in [3.8, 4) is 0 Å². The predicted molar refractivity (Wildman–Crippen MR) is 56.1 cm³/mol. The Hall–Kier alpha value is -1.57. The van der Waals surface area contributed by atoms with Gasteiger partial charge in [-0.25, -0.2) is 4.79 Å². The van der Waals surface area contributed by atoms with Crippen LogP contribution in [0.1, 0.15) is 24.2 Å². The van der Waals surface area contributed by atoms with E-state index >= 15 is 0 Å². The monoisotopic (exact) mass is 190 g/mol. The van der Waals surface area contributed by atoms with Gasteiger partial charge in [-0.3, -0.25) is 0 Å². The molecule has 14 heavy (non-hydrogen) atoms. The quantitative estimate of drug-likeness (QED) is 0.541. The molecule has 0 saturated heterocycles. The van der Waals surface area contributed by atoms with E-state index in [1.807, 2.05) is 6.07 Å². The number of carbonyl (C=O) groups excluding carboxylic acids is 1. The van der Waals surface area contributed by atoms with Crippen molar-refractivity contribution in [3.63, 3.8) is 0 Å². The average Bonchev–Trinajstić information content (AvgIpc) is 2.19. The third-order valence-electron chi connectivity index (χ3n) is 1.86. The maximum Gasteiger partial charge on any atom is 0.338 e. The minimum atomic E-state index is -0.618. The SMILES string of the molecule is C=CC(C)(C)OC(=O)c1ccccc1. The molecule has 0 atom stereocenters. The van der Waals surface area contributed by atoms with Gasteiger partial charge in [0.25, 0.3) is 0 Å². The van der Waals surface area contributed by atoms with E-state index in [1.54, 1.807) is 44.2 Å². The molecule has 2 nitrogen and oxygen atoms in total. The second kappa shape index (κ2) is 4.09. The van der Waals surface area contributed by atoms with E-state index in [-0.39, 0.29) is 5.97 Å². The van der Waals surface area contributed by atoms with E-state index in [0.717, 1.165) is 0 Å². The van der Waals surface area contributed by atoms with Crippen LogP contribution in [0.15, 0.2) is 43.0 Å². The summed E-state index contributed by atoms with van der Waals surface area (Å²) in [6.45, 7) is 7.19. The van der Waals surface area contributed by atoms with Crippen molar-refractivity contribution in [2.24, 2.45) is 0 Å². The van der Waals surface area contributed by atoms with Crippen LogP contribution >= 0.6 is 0 Å². The van der Waals surface area contributed by atoms with E-state index < -0.39 is 5.60 Å². The van der Waals surface area contributed by atoms with Crippen LogP contribution in [-0.2, 0) is 4.74 Å². The number of rotatable bonds is 3. The van der Waals surface area contributed by atoms with Gasteiger partial charge in [-0.1, -0.05) is 24.8 Å². The molecular formula is C12H14O2. The van der Waals surface area contributed by atoms with Crippen LogP contribution in [-0.4, -0.2) is 11.6 Å². The maximum absolute atomic E-state index is 11.5. The van der Waals surface area contributed by atoms with Crippen molar-refractivity contribution in [2.45, 2.75) is 19.4 Å². The Bertz CT molecular complexity index is 325. The van der Waals surface area contributed by atoms with Crippen molar-refractivity contribution in [1.82, 2.24) is 0 Å². The van der Waals surface area contributed by atoms with Gasteiger partial charge in [0.2, 0.25) is 0 Å². The Balaban J connectivity index is 2.74. The Morgan fingerprint density at radius 1 is 1.36 bits per heavy atom. The number of hydrogen-bond donors (Lipinski definition) is 0. The van der Waals surface area contributed by atoms with E-state index in [0.29, 0.717) is 5.56 Å². The fourth-order valence-corrected chi connectivity index (χ4v) is 0.914. The average molecular weight is 190 g/mol. The van der Waals surface area contributed by atoms with Gasteiger partial charge in [0.05, 0.1) is 5.56 Å². The molecule has 0 bridgehead atoms. The smallest absolute Gasteiger partial charge is 0.338 e. The zero-order chi connectivity index (χ0) is 10.6. The first-order valence-electron chi connectivity index (χ1n) is 4.47. The van der Waals surface area contributed by atoms with Gasteiger partial charge in [0, 0.05) is 0 Å². The molecule has 1 aromatic rings. The van der Waals surface area contributed by atoms with Gasteiger partial charge in [0.15, 0.2) is 0 Å². The first kappa shape index (κ1) is 10.5. The number of esters is 1. The Kier molecular flexibility index (Phi) is 3.07. The highest BCUT2D eigenvalue weighted by molar-refractivity contribution is 5.89. The highest BCUT2D eigenvalue weighted by Crippen LogP contribution is 2.13. The standard InChI is InChI=1S/C12H14O2/c1-4-12(2,3)14-11(13)10-8-6-5-7-9-10/h4-9H,1H2,2-3H3. The van der Waals surface area contributed by atoms with Gasteiger partial charge in [-0.2, -0.15) is 0 Å². The van der Waals surface area contributed by atoms with Crippen LogP contribution in [0.4, 0.5) is 0 Å². The summed E-state index contributed by atoms with van der Waals surface area (Å²) < 4.78 is 5.22. The fraction of sp³-hybridized carbons (Fsp3) is 0.250. The summed E-state index contributed by atoms with van der Waals surface area (Å²) in [5.41, 5.74) is -0.0603. The second-order valence-corrected chi connectivity index (χ2v) is 3.56. The number of ether oxygens (including phenoxy) is 1. The molecular weight excluding hydrogens is 176 g/mol. The molecule has 0 aromatic heterocycles. The van der Waals surface area contributed by atoms with E-state index in [1.165, 1.54) is 0 Å². The first-order chi connectivity index (χ1) is 6.55. The lowest BCUT2D eigenvalue weighted by Gasteiger charge is -2.20. The molecule has 0 N–H and O–H groups in total. The molecule has 0 spiro atoms. The van der Waals surface area contributed by atoms with Gasteiger partial charge in [-0.05, 0) is 32.1 Å². The lowest BCUT2D eigenvalue weighted by molar-refractivity contribution is 0.0174. The van der Waals surface area contributed by atoms with Gasteiger partial charge in [0.1, 0.15) is 5.60 Å². The van der Waals surface area contributed by atoms with Crippen LogP contribution < -0.4 is 0 Å². The molecule has 0 unspecified atom stereocenters. The third kappa shape index (κ3) is 2.73. The Labute approximate surface area is 84.2 Å². The van der Waals surface area contributed by atoms with E-state index in [4.69, 9.17) is 4.74 Å². The Morgan fingerprint density at radius 3 is 2.43 bits per heavy atom. The topological polar surface area (TPSA) is 26.3 Å². The van der Waals surface area contributed by atoms with E-state index in [2.05, 4.69) is 6.58 Å². The fourth-order valence-electron chi connectivity index (χ4n) is 0.914. The molecule has 0 aliphatic rings. The minimum Gasteiger partial charge on any atom is -0.452 e. The summed E-state index contributed by atoms with van der Waals surface area (Å²) in [6, 6.07) is 8.91. The second-order valence-electron chi connectivity index (χ2n) is 3.56. The van der Waals surface area contributed by atoms with Crippen molar-refractivity contribution in [2.75, 3.05) is 0 Å². The molecule has 74 valence electrons.